The lowest BCUT2D eigenvalue weighted by Gasteiger charge is -2.26. The summed E-state index contributed by atoms with van der Waals surface area (Å²) >= 11 is 0. The van der Waals surface area contributed by atoms with Gasteiger partial charge in [0.05, 0.1) is 13.2 Å². The Kier molecular flexibility index (Phi) is 4.63. The molecule has 110 valence electrons. The van der Waals surface area contributed by atoms with Gasteiger partial charge in [0.15, 0.2) is 0 Å². The van der Waals surface area contributed by atoms with Crippen LogP contribution in [0, 0.1) is 0 Å². The second kappa shape index (κ2) is 6.83. The molecular weight excluding hydrogens is 260 g/mol. The minimum atomic E-state index is 0.839. The lowest BCUT2D eigenvalue weighted by molar-refractivity contribution is 0.0341. The van der Waals surface area contributed by atoms with Gasteiger partial charge in [0.2, 0.25) is 0 Å². The number of rotatable bonds is 4. The Morgan fingerprint density at radius 2 is 1.76 bits per heavy atom. The number of hydrogen-bond donors (Lipinski definition) is 0. The van der Waals surface area contributed by atoms with E-state index in [1.807, 2.05) is 12.4 Å². The zero-order valence-corrected chi connectivity index (χ0v) is 12.6. The number of pyridine rings is 1. The van der Waals surface area contributed by atoms with Crippen LogP contribution in [0.2, 0.25) is 0 Å². The Bertz CT molecular complexity index is 574. The van der Waals surface area contributed by atoms with Crippen LogP contribution in [-0.4, -0.2) is 36.2 Å². The fraction of sp³-hybridized carbons (Fsp3) is 0.389. The third-order valence-corrected chi connectivity index (χ3v) is 4.00. The predicted octanol–water partition coefficient (Wildman–Crippen LogP) is 3.14. The summed E-state index contributed by atoms with van der Waals surface area (Å²) in [6, 6.07) is 11.0. The molecule has 2 aromatic rings. The summed E-state index contributed by atoms with van der Waals surface area (Å²) in [5, 5.41) is 0. The monoisotopic (exact) mass is 282 g/mol. The first-order chi connectivity index (χ1) is 10.3. The number of ether oxygens (including phenoxy) is 1. The quantitative estimate of drug-likeness (QED) is 0.861. The van der Waals surface area contributed by atoms with Crippen LogP contribution in [0.3, 0.4) is 0 Å². The first-order valence-corrected chi connectivity index (χ1v) is 7.68. The van der Waals surface area contributed by atoms with Crippen molar-refractivity contribution in [1.82, 2.24) is 9.88 Å². The number of hydrogen-bond acceptors (Lipinski definition) is 3. The SMILES string of the molecule is CCc1ccc(-c2cncc(CN3CCOCC3)c2)cc1. The van der Waals surface area contributed by atoms with Gasteiger partial charge in [0, 0.05) is 37.6 Å². The minimum absolute atomic E-state index is 0.839. The second-order valence-electron chi connectivity index (χ2n) is 5.52. The van der Waals surface area contributed by atoms with Gasteiger partial charge >= 0.3 is 0 Å². The summed E-state index contributed by atoms with van der Waals surface area (Å²) in [5.74, 6) is 0. The van der Waals surface area contributed by atoms with E-state index in [4.69, 9.17) is 4.74 Å². The Morgan fingerprint density at radius 1 is 1.00 bits per heavy atom. The van der Waals surface area contributed by atoms with E-state index in [0.29, 0.717) is 0 Å². The fourth-order valence-corrected chi connectivity index (χ4v) is 2.68. The zero-order chi connectivity index (χ0) is 14.5. The molecule has 0 spiro atoms. The number of aryl methyl sites for hydroxylation is 1. The van der Waals surface area contributed by atoms with Crippen LogP contribution in [0.15, 0.2) is 42.7 Å². The van der Waals surface area contributed by atoms with Gasteiger partial charge < -0.3 is 4.74 Å². The van der Waals surface area contributed by atoms with E-state index >= 15 is 0 Å². The predicted molar refractivity (Wildman–Crippen MR) is 85.1 cm³/mol. The van der Waals surface area contributed by atoms with Crippen LogP contribution in [0.5, 0.6) is 0 Å². The largest absolute Gasteiger partial charge is 0.379 e. The summed E-state index contributed by atoms with van der Waals surface area (Å²) < 4.78 is 5.39. The first kappa shape index (κ1) is 14.2. The highest BCUT2D eigenvalue weighted by Gasteiger charge is 2.11. The fourth-order valence-electron chi connectivity index (χ4n) is 2.68. The first-order valence-electron chi connectivity index (χ1n) is 7.68. The molecule has 1 saturated heterocycles. The maximum absolute atomic E-state index is 5.39. The minimum Gasteiger partial charge on any atom is -0.379 e. The molecule has 0 amide bonds. The maximum atomic E-state index is 5.39. The molecule has 1 aromatic carbocycles. The topological polar surface area (TPSA) is 25.4 Å². The van der Waals surface area contributed by atoms with Gasteiger partial charge in [-0.15, -0.1) is 0 Å². The van der Waals surface area contributed by atoms with Gasteiger partial charge in [0.1, 0.15) is 0 Å². The van der Waals surface area contributed by atoms with E-state index in [-0.39, 0.29) is 0 Å². The lowest BCUT2D eigenvalue weighted by atomic mass is 10.0. The average molecular weight is 282 g/mol. The Morgan fingerprint density at radius 3 is 2.48 bits per heavy atom. The van der Waals surface area contributed by atoms with E-state index in [1.54, 1.807) is 0 Å². The Labute approximate surface area is 126 Å². The standard InChI is InChI=1S/C18H22N2O/c1-2-15-3-5-17(6-4-15)18-11-16(12-19-13-18)14-20-7-9-21-10-8-20/h3-6,11-13H,2,7-10,14H2,1H3. The Hall–Kier alpha value is -1.71. The summed E-state index contributed by atoms with van der Waals surface area (Å²) in [4.78, 5) is 6.83. The van der Waals surface area contributed by atoms with Crippen LogP contribution in [0.4, 0.5) is 0 Å². The number of benzene rings is 1. The van der Waals surface area contributed by atoms with Gasteiger partial charge in [-0.1, -0.05) is 31.2 Å². The molecule has 1 fully saturated rings. The van der Waals surface area contributed by atoms with Gasteiger partial charge in [-0.05, 0) is 29.2 Å². The van der Waals surface area contributed by atoms with E-state index in [0.717, 1.165) is 39.3 Å². The summed E-state index contributed by atoms with van der Waals surface area (Å²) in [5.41, 5.74) is 5.08. The molecule has 0 N–H and O–H groups in total. The number of nitrogens with zero attached hydrogens (tertiary/aromatic N) is 2. The third kappa shape index (κ3) is 3.69. The Balaban J connectivity index is 1.75. The lowest BCUT2D eigenvalue weighted by Crippen LogP contribution is -2.35. The van der Waals surface area contributed by atoms with Crippen molar-refractivity contribution in [3.05, 3.63) is 53.9 Å². The van der Waals surface area contributed by atoms with Crippen LogP contribution in [0.25, 0.3) is 11.1 Å². The van der Waals surface area contributed by atoms with Crippen LogP contribution >= 0.6 is 0 Å². The summed E-state index contributed by atoms with van der Waals surface area (Å²) in [6.07, 6.45) is 5.00. The van der Waals surface area contributed by atoms with Gasteiger partial charge in [-0.25, -0.2) is 0 Å². The highest BCUT2D eigenvalue weighted by molar-refractivity contribution is 5.63. The van der Waals surface area contributed by atoms with Crippen LogP contribution in [0.1, 0.15) is 18.1 Å². The normalized spacial score (nSPS) is 16.0. The molecule has 1 aliphatic heterocycles. The van der Waals surface area contributed by atoms with Gasteiger partial charge in [0.25, 0.3) is 0 Å². The summed E-state index contributed by atoms with van der Waals surface area (Å²) in [6.45, 7) is 6.83. The van der Waals surface area contributed by atoms with Crippen molar-refractivity contribution in [3.63, 3.8) is 0 Å². The zero-order valence-electron chi connectivity index (χ0n) is 12.6. The average Bonchev–Trinajstić information content (AvgIpc) is 2.56. The van der Waals surface area contributed by atoms with E-state index < -0.39 is 0 Å². The van der Waals surface area contributed by atoms with Crippen molar-refractivity contribution in [3.8, 4) is 11.1 Å². The van der Waals surface area contributed by atoms with Gasteiger partial charge in [-0.3, -0.25) is 9.88 Å². The van der Waals surface area contributed by atoms with E-state index in [9.17, 15) is 0 Å². The molecule has 0 aliphatic carbocycles. The number of aromatic nitrogens is 1. The number of morpholine rings is 1. The molecule has 0 unspecified atom stereocenters. The molecular formula is C18H22N2O. The van der Waals surface area contributed by atoms with E-state index in [2.05, 4.69) is 47.1 Å². The molecule has 2 heterocycles. The highest BCUT2D eigenvalue weighted by Crippen LogP contribution is 2.21. The molecule has 0 saturated carbocycles. The molecule has 0 radical (unpaired) electrons. The highest BCUT2D eigenvalue weighted by atomic mass is 16.5. The molecule has 1 aromatic heterocycles. The molecule has 1 aliphatic rings. The van der Waals surface area contributed by atoms with Crippen LogP contribution in [-0.2, 0) is 17.7 Å². The van der Waals surface area contributed by atoms with Crippen molar-refractivity contribution in [2.24, 2.45) is 0 Å². The maximum Gasteiger partial charge on any atom is 0.0594 e. The second-order valence-corrected chi connectivity index (χ2v) is 5.52. The van der Waals surface area contributed by atoms with Crippen molar-refractivity contribution in [1.29, 1.82) is 0 Å². The van der Waals surface area contributed by atoms with Crippen molar-refractivity contribution < 1.29 is 4.74 Å². The van der Waals surface area contributed by atoms with Gasteiger partial charge in [-0.2, -0.15) is 0 Å². The molecule has 3 rings (SSSR count). The molecule has 0 atom stereocenters. The van der Waals surface area contributed by atoms with E-state index in [1.165, 1.54) is 22.3 Å². The van der Waals surface area contributed by atoms with Crippen LogP contribution < -0.4 is 0 Å². The van der Waals surface area contributed by atoms with Crippen molar-refractivity contribution in [2.45, 2.75) is 19.9 Å². The summed E-state index contributed by atoms with van der Waals surface area (Å²) in [7, 11) is 0. The smallest absolute Gasteiger partial charge is 0.0594 e. The molecule has 21 heavy (non-hydrogen) atoms. The molecule has 3 heteroatoms. The van der Waals surface area contributed by atoms with Crippen molar-refractivity contribution in [2.75, 3.05) is 26.3 Å². The third-order valence-electron chi connectivity index (χ3n) is 4.00. The molecule has 0 bridgehead atoms. The molecule has 3 nitrogen and oxygen atoms in total. The van der Waals surface area contributed by atoms with Crippen molar-refractivity contribution >= 4 is 0 Å².